The molecule has 3 heterocycles. The van der Waals surface area contributed by atoms with E-state index in [0.717, 1.165) is 63.5 Å². The van der Waals surface area contributed by atoms with Crippen molar-refractivity contribution in [3.63, 3.8) is 0 Å². The zero-order chi connectivity index (χ0) is 47.1. The number of hydrogen-bond acceptors (Lipinski definition) is 3. The molecule has 7 aromatic carbocycles. The number of hydrogen-bond donors (Lipinski definition) is 0. The first kappa shape index (κ1) is 44.3. The van der Waals surface area contributed by atoms with Crippen LogP contribution < -0.4 is 4.90 Å². The quantitative estimate of drug-likeness (QED) is 0.123. The molecular formula is C64H60N4. The normalized spacial score (nSPS) is 11.6. The van der Waals surface area contributed by atoms with Gasteiger partial charge < -0.3 is 9.47 Å². The highest BCUT2D eigenvalue weighted by Crippen LogP contribution is 2.45. The van der Waals surface area contributed by atoms with Gasteiger partial charge in [0.1, 0.15) is 0 Å². The molecule has 0 amide bonds. The van der Waals surface area contributed by atoms with Gasteiger partial charge >= 0.3 is 0 Å². The minimum Gasteiger partial charge on any atom is -0.310 e. The number of anilines is 3. The van der Waals surface area contributed by atoms with E-state index in [1.165, 1.54) is 72.0 Å². The van der Waals surface area contributed by atoms with Gasteiger partial charge in [-0.25, -0.2) is 0 Å². The third-order valence-corrected chi connectivity index (χ3v) is 13.3. The summed E-state index contributed by atoms with van der Waals surface area (Å²) >= 11 is 0. The Balaban J connectivity index is 1.22. The molecule has 336 valence electrons. The lowest BCUT2D eigenvalue weighted by Crippen LogP contribution is -2.15. The first-order valence-electron chi connectivity index (χ1n) is 24.2. The highest BCUT2D eigenvalue weighted by Gasteiger charge is 2.24. The van der Waals surface area contributed by atoms with E-state index in [0.29, 0.717) is 11.8 Å². The fourth-order valence-electron chi connectivity index (χ4n) is 10.3. The Bertz CT molecular complexity index is 3230. The van der Waals surface area contributed by atoms with Gasteiger partial charge in [0.05, 0.1) is 28.1 Å². The van der Waals surface area contributed by atoms with Gasteiger partial charge in [-0.2, -0.15) is 0 Å². The van der Waals surface area contributed by atoms with E-state index in [1.54, 1.807) is 0 Å². The lowest BCUT2D eigenvalue weighted by Gasteiger charge is -2.31. The number of benzene rings is 7. The van der Waals surface area contributed by atoms with Crippen LogP contribution in [0.15, 0.2) is 182 Å². The van der Waals surface area contributed by atoms with E-state index in [1.807, 2.05) is 12.4 Å². The summed E-state index contributed by atoms with van der Waals surface area (Å²) in [5.74, 6) is 0.914. The molecule has 0 spiro atoms. The van der Waals surface area contributed by atoms with Crippen molar-refractivity contribution in [2.24, 2.45) is 11.8 Å². The van der Waals surface area contributed by atoms with Crippen molar-refractivity contribution in [3.05, 3.63) is 216 Å². The Morgan fingerprint density at radius 1 is 0.426 bits per heavy atom. The number of pyridine rings is 2. The Morgan fingerprint density at radius 2 is 0.838 bits per heavy atom. The number of aromatic nitrogens is 3. The van der Waals surface area contributed by atoms with Gasteiger partial charge in [-0.05, 0) is 181 Å². The maximum atomic E-state index is 5.14. The second-order valence-electron chi connectivity index (χ2n) is 19.6. The summed E-state index contributed by atoms with van der Waals surface area (Å²) < 4.78 is 2.43. The molecule has 0 N–H and O–H groups in total. The molecule has 0 aliphatic carbocycles. The van der Waals surface area contributed by atoms with Crippen LogP contribution in [0.2, 0.25) is 0 Å². The maximum Gasteiger partial charge on any atom is 0.0709 e. The molecule has 10 rings (SSSR count). The van der Waals surface area contributed by atoms with Crippen molar-refractivity contribution in [1.82, 2.24) is 14.5 Å². The van der Waals surface area contributed by atoms with Gasteiger partial charge in [0, 0.05) is 51.4 Å². The van der Waals surface area contributed by atoms with Gasteiger partial charge in [0.25, 0.3) is 0 Å². The van der Waals surface area contributed by atoms with Crippen LogP contribution in [-0.4, -0.2) is 14.5 Å². The van der Waals surface area contributed by atoms with Gasteiger partial charge in [-0.3, -0.25) is 9.97 Å². The van der Waals surface area contributed by atoms with E-state index in [9.17, 15) is 0 Å². The Kier molecular flexibility index (Phi) is 12.1. The number of para-hydroxylation sites is 2. The molecule has 4 heteroatoms. The highest BCUT2D eigenvalue weighted by molar-refractivity contribution is 6.09. The third-order valence-electron chi connectivity index (χ3n) is 13.3. The number of aryl methyl sites for hydroxylation is 4. The SMILES string of the molecule is Cc1cnc(-c2cc(CC(C)C)cc(N(c3cc(CC(C)C)cc(-c4cc(-c5ccccc5)c(C)cn4)c3)c3c(C)cc(-n4c5ccccc5c5ccccc54)cc3C)c2)cc1-c1ccccc1. The van der Waals surface area contributed by atoms with Crippen LogP contribution in [-0.2, 0) is 12.8 Å². The van der Waals surface area contributed by atoms with Crippen LogP contribution in [0.5, 0.6) is 0 Å². The van der Waals surface area contributed by atoms with E-state index in [2.05, 4.69) is 235 Å². The van der Waals surface area contributed by atoms with Crippen molar-refractivity contribution in [3.8, 4) is 50.5 Å². The van der Waals surface area contributed by atoms with Crippen LogP contribution >= 0.6 is 0 Å². The predicted octanol–water partition coefficient (Wildman–Crippen LogP) is 17.3. The average molecular weight is 885 g/mol. The van der Waals surface area contributed by atoms with Crippen LogP contribution in [0.3, 0.4) is 0 Å². The fraction of sp³-hybridized carbons (Fsp3) is 0.188. The van der Waals surface area contributed by atoms with Crippen LogP contribution in [0, 0.1) is 39.5 Å². The van der Waals surface area contributed by atoms with Gasteiger partial charge in [-0.15, -0.1) is 0 Å². The van der Waals surface area contributed by atoms with Crippen molar-refractivity contribution in [2.45, 2.75) is 68.2 Å². The van der Waals surface area contributed by atoms with Crippen LogP contribution in [0.4, 0.5) is 17.1 Å². The minimum absolute atomic E-state index is 0.457. The molecular weight excluding hydrogens is 825 g/mol. The van der Waals surface area contributed by atoms with Gasteiger partial charge in [0.15, 0.2) is 0 Å². The van der Waals surface area contributed by atoms with E-state index < -0.39 is 0 Å². The molecule has 10 aromatic rings. The number of fused-ring (bicyclic) bond motifs is 3. The second kappa shape index (κ2) is 18.6. The summed E-state index contributed by atoms with van der Waals surface area (Å²) in [7, 11) is 0. The monoisotopic (exact) mass is 884 g/mol. The molecule has 68 heavy (non-hydrogen) atoms. The molecule has 0 fully saturated rings. The van der Waals surface area contributed by atoms with Crippen molar-refractivity contribution in [2.75, 3.05) is 4.90 Å². The van der Waals surface area contributed by atoms with Crippen molar-refractivity contribution >= 4 is 38.9 Å². The summed E-state index contributed by atoms with van der Waals surface area (Å²) in [6.07, 6.45) is 5.94. The largest absolute Gasteiger partial charge is 0.310 e. The molecule has 0 saturated carbocycles. The summed E-state index contributed by atoms with van der Waals surface area (Å²) in [4.78, 5) is 12.8. The standard InChI is InChI=1S/C64H60N4/c1-41(2)27-47-31-51(60-37-58(45(7)39-65-60)49-19-11-9-12-20-49)35-54(33-47)67(64-43(5)29-53(30-44(64)6)68-62-25-17-15-23-56(62)57-24-16-18-26-63(57)68)55-34-48(28-42(3)4)32-52(36-55)61-38-59(46(8)40-66-61)50-21-13-10-14-22-50/h9-26,29-42H,27-28H2,1-8H3. The predicted molar refractivity (Wildman–Crippen MR) is 289 cm³/mol. The third kappa shape index (κ3) is 8.75. The minimum atomic E-state index is 0.457. The maximum absolute atomic E-state index is 5.14. The van der Waals surface area contributed by atoms with E-state index in [4.69, 9.17) is 9.97 Å². The molecule has 3 aromatic heterocycles. The van der Waals surface area contributed by atoms with Crippen molar-refractivity contribution in [1.29, 1.82) is 0 Å². The molecule has 0 aliphatic rings. The van der Waals surface area contributed by atoms with Crippen LogP contribution in [0.1, 0.15) is 61.1 Å². The smallest absolute Gasteiger partial charge is 0.0709 e. The van der Waals surface area contributed by atoms with Crippen LogP contribution in [0.25, 0.3) is 72.3 Å². The summed E-state index contributed by atoms with van der Waals surface area (Å²) in [5, 5.41) is 2.52. The Morgan fingerprint density at radius 3 is 1.26 bits per heavy atom. The topological polar surface area (TPSA) is 34.0 Å². The van der Waals surface area contributed by atoms with E-state index >= 15 is 0 Å². The number of rotatable bonds is 12. The fourth-order valence-corrected chi connectivity index (χ4v) is 10.3. The summed E-state index contributed by atoms with van der Waals surface area (Å²) in [6, 6.07) is 62.5. The molecule has 0 atom stereocenters. The van der Waals surface area contributed by atoms with Gasteiger partial charge in [0.2, 0.25) is 0 Å². The second-order valence-corrected chi connectivity index (χ2v) is 19.6. The zero-order valence-corrected chi connectivity index (χ0v) is 40.7. The lowest BCUT2D eigenvalue weighted by molar-refractivity contribution is 0.647. The van der Waals surface area contributed by atoms with Crippen molar-refractivity contribution < 1.29 is 0 Å². The Labute approximate surface area is 402 Å². The lowest BCUT2D eigenvalue weighted by atomic mass is 9.94. The molecule has 0 unspecified atom stereocenters. The molecule has 0 saturated heterocycles. The summed E-state index contributed by atoms with van der Waals surface area (Å²) in [6.45, 7) is 18.1. The summed E-state index contributed by atoms with van der Waals surface area (Å²) in [5.41, 5.74) is 23.1. The molecule has 0 aliphatic heterocycles. The highest BCUT2D eigenvalue weighted by atomic mass is 15.1. The average Bonchev–Trinajstić information content (AvgIpc) is 3.67. The molecule has 0 radical (unpaired) electrons. The first-order valence-corrected chi connectivity index (χ1v) is 24.2. The first-order chi connectivity index (χ1) is 33.0. The molecule has 4 nitrogen and oxygen atoms in total. The Hall–Kier alpha value is -7.56. The number of nitrogens with zero attached hydrogens (tertiary/aromatic N) is 4. The van der Waals surface area contributed by atoms with Gasteiger partial charge in [-0.1, -0.05) is 125 Å². The van der Waals surface area contributed by atoms with E-state index in [-0.39, 0.29) is 0 Å². The zero-order valence-electron chi connectivity index (χ0n) is 40.7. The molecule has 0 bridgehead atoms.